The molecule has 0 spiro atoms. The van der Waals surface area contributed by atoms with E-state index in [0.29, 0.717) is 25.0 Å². The molecular formula is C8H17N3O. The van der Waals surface area contributed by atoms with Crippen molar-refractivity contribution in [2.24, 2.45) is 5.73 Å². The van der Waals surface area contributed by atoms with Crippen LogP contribution in [0.15, 0.2) is 0 Å². The molecule has 1 rings (SSSR count). The Hall–Kier alpha value is -0.610. The molecule has 1 aliphatic rings. The van der Waals surface area contributed by atoms with Gasteiger partial charge in [0.15, 0.2) is 0 Å². The Morgan fingerprint density at radius 2 is 2.58 bits per heavy atom. The summed E-state index contributed by atoms with van der Waals surface area (Å²) in [7, 11) is 0. The molecule has 1 aliphatic heterocycles. The molecular weight excluding hydrogens is 154 g/mol. The van der Waals surface area contributed by atoms with E-state index in [1.165, 1.54) is 0 Å². The predicted molar refractivity (Wildman–Crippen MR) is 47.7 cm³/mol. The number of rotatable bonds is 3. The molecule has 0 bridgehead atoms. The highest BCUT2D eigenvalue weighted by molar-refractivity contribution is 5.76. The summed E-state index contributed by atoms with van der Waals surface area (Å²) in [6.07, 6.45) is 1.56. The lowest BCUT2D eigenvalue weighted by atomic mass is 10.1. The van der Waals surface area contributed by atoms with E-state index in [1.807, 2.05) is 0 Å². The zero-order chi connectivity index (χ0) is 8.97. The fourth-order valence-electron chi connectivity index (χ4n) is 1.35. The minimum Gasteiger partial charge on any atom is -0.355 e. The summed E-state index contributed by atoms with van der Waals surface area (Å²) in [6.45, 7) is 3.43. The molecule has 0 aromatic carbocycles. The van der Waals surface area contributed by atoms with Gasteiger partial charge < -0.3 is 16.4 Å². The van der Waals surface area contributed by atoms with Crippen LogP contribution in [0.3, 0.4) is 0 Å². The minimum absolute atomic E-state index is 0.161. The first-order valence-electron chi connectivity index (χ1n) is 4.45. The number of amides is 1. The molecule has 12 heavy (non-hydrogen) atoms. The zero-order valence-electron chi connectivity index (χ0n) is 7.47. The molecule has 4 nitrogen and oxygen atoms in total. The predicted octanol–water partition coefficient (Wildman–Crippen LogP) is -0.798. The van der Waals surface area contributed by atoms with Crippen LogP contribution in [-0.2, 0) is 4.79 Å². The molecule has 0 aromatic heterocycles. The van der Waals surface area contributed by atoms with E-state index >= 15 is 0 Å². The molecule has 1 heterocycles. The average molecular weight is 171 g/mol. The van der Waals surface area contributed by atoms with Crippen LogP contribution in [-0.4, -0.2) is 31.1 Å². The van der Waals surface area contributed by atoms with E-state index in [0.717, 1.165) is 13.0 Å². The minimum atomic E-state index is 0.161. The summed E-state index contributed by atoms with van der Waals surface area (Å²) in [4.78, 5) is 10.8. The lowest BCUT2D eigenvalue weighted by molar-refractivity contribution is -0.122. The van der Waals surface area contributed by atoms with E-state index < -0.39 is 0 Å². The first-order chi connectivity index (χ1) is 5.72. The number of piperidine rings is 1. The van der Waals surface area contributed by atoms with E-state index in [4.69, 9.17) is 5.73 Å². The van der Waals surface area contributed by atoms with Gasteiger partial charge in [0.1, 0.15) is 0 Å². The maximum atomic E-state index is 10.8. The smallest absolute Gasteiger partial charge is 0.220 e. The fourth-order valence-corrected chi connectivity index (χ4v) is 1.35. The average Bonchev–Trinajstić information content (AvgIpc) is 2.09. The highest BCUT2D eigenvalue weighted by Gasteiger charge is 2.18. The molecule has 0 saturated carbocycles. The van der Waals surface area contributed by atoms with Crippen LogP contribution < -0.4 is 16.4 Å². The number of carbonyl (C=O) groups is 1. The Balaban J connectivity index is 2.21. The molecule has 0 radical (unpaired) electrons. The lowest BCUT2D eigenvalue weighted by Crippen LogP contribution is -2.50. The van der Waals surface area contributed by atoms with Gasteiger partial charge in [-0.05, 0) is 13.3 Å². The molecule has 70 valence electrons. The standard InChI is InChI=1S/C8H17N3O/c1-6(4-9)11-7-2-3-8(12)10-5-7/h6-7,11H,2-5,9H2,1H3,(H,10,12). The van der Waals surface area contributed by atoms with Crippen molar-refractivity contribution in [1.82, 2.24) is 10.6 Å². The van der Waals surface area contributed by atoms with Crippen LogP contribution in [0.4, 0.5) is 0 Å². The fraction of sp³-hybridized carbons (Fsp3) is 0.875. The third kappa shape index (κ3) is 2.79. The topological polar surface area (TPSA) is 67.1 Å². The van der Waals surface area contributed by atoms with Gasteiger partial charge in [-0.25, -0.2) is 0 Å². The highest BCUT2D eigenvalue weighted by Crippen LogP contribution is 2.02. The molecule has 1 fully saturated rings. The van der Waals surface area contributed by atoms with Crippen molar-refractivity contribution >= 4 is 5.91 Å². The summed E-state index contributed by atoms with van der Waals surface area (Å²) in [5, 5.41) is 6.17. The second kappa shape index (κ2) is 4.42. The Morgan fingerprint density at radius 1 is 1.83 bits per heavy atom. The molecule has 2 unspecified atom stereocenters. The quantitative estimate of drug-likeness (QED) is 0.521. The Bertz CT molecular complexity index is 150. The SMILES string of the molecule is CC(CN)NC1CCC(=O)NC1. The van der Waals surface area contributed by atoms with Crippen LogP contribution in [0.5, 0.6) is 0 Å². The van der Waals surface area contributed by atoms with Crippen LogP contribution in [0.25, 0.3) is 0 Å². The molecule has 0 aromatic rings. The zero-order valence-corrected chi connectivity index (χ0v) is 7.47. The molecule has 4 heteroatoms. The normalized spacial score (nSPS) is 26.5. The Kier molecular flexibility index (Phi) is 3.49. The number of nitrogens with one attached hydrogen (secondary N) is 2. The van der Waals surface area contributed by atoms with E-state index in [9.17, 15) is 4.79 Å². The van der Waals surface area contributed by atoms with Crippen molar-refractivity contribution in [3.8, 4) is 0 Å². The maximum Gasteiger partial charge on any atom is 0.220 e. The van der Waals surface area contributed by atoms with Gasteiger partial charge >= 0.3 is 0 Å². The van der Waals surface area contributed by atoms with Crippen molar-refractivity contribution < 1.29 is 4.79 Å². The monoisotopic (exact) mass is 171 g/mol. The number of hydrogen-bond donors (Lipinski definition) is 3. The van der Waals surface area contributed by atoms with Crippen molar-refractivity contribution in [1.29, 1.82) is 0 Å². The first-order valence-corrected chi connectivity index (χ1v) is 4.45. The van der Waals surface area contributed by atoms with Crippen molar-refractivity contribution in [2.45, 2.75) is 31.8 Å². The third-order valence-corrected chi connectivity index (χ3v) is 2.14. The summed E-state index contributed by atoms with van der Waals surface area (Å²) in [5.74, 6) is 0.161. The van der Waals surface area contributed by atoms with Gasteiger partial charge in [-0.3, -0.25) is 4.79 Å². The van der Waals surface area contributed by atoms with E-state index in [2.05, 4.69) is 17.6 Å². The van der Waals surface area contributed by atoms with E-state index in [1.54, 1.807) is 0 Å². The first kappa shape index (κ1) is 9.48. The van der Waals surface area contributed by atoms with Crippen molar-refractivity contribution in [3.63, 3.8) is 0 Å². The molecule has 2 atom stereocenters. The number of carbonyl (C=O) groups excluding carboxylic acids is 1. The molecule has 4 N–H and O–H groups in total. The molecule has 1 saturated heterocycles. The Labute approximate surface area is 72.9 Å². The van der Waals surface area contributed by atoms with Gasteiger partial charge in [0, 0.05) is 31.6 Å². The number of nitrogens with two attached hydrogens (primary N) is 1. The van der Waals surface area contributed by atoms with Crippen LogP contribution in [0.1, 0.15) is 19.8 Å². The second-order valence-electron chi connectivity index (χ2n) is 3.34. The highest BCUT2D eigenvalue weighted by atomic mass is 16.1. The van der Waals surface area contributed by atoms with Crippen LogP contribution in [0.2, 0.25) is 0 Å². The summed E-state index contributed by atoms with van der Waals surface area (Å²) < 4.78 is 0. The summed E-state index contributed by atoms with van der Waals surface area (Å²) in [5.41, 5.74) is 5.47. The van der Waals surface area contributed by atoms with Crippen molar-refractivity contribution in [3.05, 3.63) is 0 Å². The lowest BCUT2D eigenvalue weighted by Gasteiger charge is -2.26. The van der Waals surface area contributed by atoms with Crippen molar-refractivity contribution in [2.75, 3.05) is 13.1 Å². The van der Waals surface area contributed by atoms with Gasteiger partial charge in [-0.15, -0.1) is 0 Å². The molecule has 0 aliphatic carbocycles. The van der Waals surface area contributed by atoms with Gasteiger partial charge in [-0.1, -0.05) is 0 Å². The third-order valence-electron chi connectivity index (χ3n) is 2.14. The van der Waals surface area contributed by atoms with E-state index in [-0.39, 0.29) is 5.91 Å². The van der Waals surface area contributed by atoms with Crippen LogP contribution in [0, 0.1) is 0 Å². The molecule has 1 amide bonds. The van der Waals surface area contributed by atoms with Gasteiger partial charge in [0.25, 0.3) is 0 Å². The summed E-state index contributed by atoms with van der Waals surface area (Å²) in [6, 6.07) is 0.742. The van der Waals surface area contributed by atoms with Gasteiger partial charge in [0.2, 0.25) is 5.91 Å². The van der Waals surface area contributed by atoms with Gasteiger partial charge in [-0.2, -0.15) is 0 Å². The summed E-state index contributed by atoms with van der Waals surface area (Å²) >= 11 is 0. The van der Waals surface area contributed by atoms with Crippen LogP contribution >= 0.6 is 0 Å². The Morgan fingerprint density at radius 3 is 3.08 bits per heavy atom. The second-order valence-corrected chi connectivity index (χ2v) is 3.34. The van der Waals surface area contributed by atoms with Gasteiger partial charge in [0.05, 0.1) is 0 Å². The largest absolute Gasteiger partial charge is 0.355 e. The maximum absolute atomic E-state index is 10.8. The number of hydrogen-bond acceptors (Lipinski definition) is 3.